The van der Waals surface area contributed by atoms with Crippen LogP contribution in [0.3, 0.4) is 0 Å². The molecule has 0 atom stereocenters. The average Bonchev–Trinajstić information content (AvgIpc) is 4.21. The summed E-state index contributed by atoms with van der Waals surface area (Å²) in [5, 5.41) is 5.07. The number of fused-ring (bicyclic) bond motifs is 5. The molecule has 0 radical (unpaired) electrons. The molecule has 0 N–H and O–H groups in total. The number of hydrogen-bond donors (Lipinski definition) is 0. The SMILES string of the molecule is Cc1cc(C)c(B(c2ccc3c(c2)c2ccc(Oc4ccc5c(c4)-n4[c-][n+](-c6c(-c7ccccc7)cccc6-c6ccccc6)c6cccc(c64)[Si]5(C)C)cc2n3-c2cc(C(C)(C)C)ccn2)c2c(C)cc(C)cc2C)c(C)c1. The summed E-state index contributed by atoms with van der Waals surface area (Å²) in [5.74, 6) is 2.41. The van der Waals surface area contributed by atoms with Crippen LogP contribution in [0.25, 0.3) is 72.3 Å². The second-order valence-electron chi connectivity index (χ2n) is 23.8. The normalized spacial score (nSPS) is 12.8. The van der Waals surface area contributed by atoms with Gasteiger partial charge in [-0.25, -0.2) is 4.98 Å². The number of aromatic nitrogens is 4. The number of para-hydroxylation sites is 2. The van der Waals surface area contributed by atoms with Gasteiger partial charge in [0.2, 0.25) is 6.71 Å². The van der Waals surface area contributed by atoms with Crippen LogP contribution in [0.5, 0.6) is 11.5 Å². The monoisotopic (exact) mass is 1040 g/mol. The molecular weight excluding hydrogens is 976 g/mol. The molecule has 7 heteroatoms. The number of hydrogen-bond acceptors (Lipinski definition) is 2. The Kier molecular flexibility index (Phi) is 11.9. The van der Waals surface area contributed by atoms with E-state index in [1.54, 1.807) is 0 Å². The van der Waals surface area contributed by atoms with Gasteiger partial charge < -0.3 is 4.74 Å². The fourth-order valence-electron chi connectivity index (χ4n) is 13.3. The summed E-state index contributed by atoms with van der Waals surface area (Å²) in [6, 6.07) is 69.3. The molecule has 1 aliphatic heterocycles. The Balaban J connectivity index is 0.976. The van der Waals surface area contributed by atoms with Gasteiger partial charge in [-0.1, -0.05) is 223 Å². The summed E-state index contributed by atoms with van der Waals surface area (Å²) in [7, 11) is -2.23. The van der Waals surface area contributed by atoms with Gasteiger partial charge in [-0.2, -0.15) is 0 Å². The zero-order chi connectivity index (χ0) is 54.6. The van der Waals surface area contributed by atoms with E-state index >= 15 is 0 Å². The molecule has 5 nitrogen and oxygen atoms in total. The van der Waals surface area contributed by atoms with Gasteiger partial charge in [0.15, 0.2) is 0 Å². The lowest BCUT2D eigenvalue weighted by atomic mass is 9.34. The summed E-state index contributed by atoms with van der Waals surface area (Å²) in [5.41, 5.74) is 24.3. The van der Waals surface area contributed by atoms with E-state index in [4.69, 9.17) is 9.72 Å². The minimum absolute atomic E-state index is 0.0377. The molecule has 3 aromatic heterocycles. The maximum Gasteiger partial charge on any atom is 0.269 e. The van der Waals surface area contributed by atoms with Gasteiger partial charge in [-0.15, -0.1) is 0 Å². The highest BCUT2D eigenvalue weighted by molar-refractivity contribution is 7.02. The molecule has 0 aliphatic carbocycles. The zero-order valence-corrected chi connectivity index (χ0v) is 48.2. The molecule has 4 heterocycles. The Bertz CT molecular complexity index is 4270. The lowest BCUT2D eigenvalue weighted by Gasteiger charge is -2.32. The second-order valence-corrected chi connectivity index (χ2v) is 28.1. The minimum atomic E-state index is -2.23. The Hall–Kier alpha value is -8.52. The van der Waals surface area contributed by atoms with E-state index in [0.29, 0.717) is 0 Å². The molecule has 0 fully saturated rings. The Labute approximate surface area is 466 Å². The third-order valence-corrected chi connectivity index (χ3v) is 20.4. The van der Waals surface area contributed by atoms with Gasteiger partial charge in [0, 0.05) is 23.0 Å². The molecule has 1 aliphatic rings. The molecule has 0 saturated carbocycles. The van der Waals surface area contributed by atoms with Crippen LogP contribution in [0.15, 0.2) is 194 Å². The third kappa shape index (κ3) is 8.37. The molecule has 0 saturated heterocycles. The lowest BCUT2D eigenvalue weighted by molar-refractivity contribution is -0.571. The van der Waals surface area contributed by atoms with Gasteiger partial charge >= 0.3 is 0 Å². The highest BCUT2D eigenvalue weighted by Crippen LogP contribution is 2.39. The van der Waals surface area contributed by atoms with E-state index < -0.39 is 8.07 Å². The van der Waals surface area contributed by atoms with Crippen molar-refractivity contribution in [3.63, 3.8) is 0 Å². The van der Waals surface area contributed by atoms with E-state index in [0.717, 1.165) is 72.9 Å². The van der Waals surface area contributed by atoms with Crippen LogP contribution in [-0.2, 0) is 5.41 Å². The van der Waals surface area contributed by atoms with Crippen LogP contribution in [-0.4, -0.2) is 28.9 Å². The smallest absolute Gasteiger partial charge is 0.269 e. The van der Waals surface area contributed by atoms with Crippen molar-refractivity contribution < 1.29 is 9.30 Å². The number of rotatable bonds is 9. The molecule has 79 heavy (non-hydrogen) atoms. The van der Waals surface area contributed by atoms with Crippen LogP contribution in [0.2, 0.25) is 13.1 Å². The largest absolute Gasteiger partial charge is 0.458 e. The fraction of sp³-hybridized carbons (Fsp3) is 0.167. The first-order valence-electron chi connectivity index (χ1n) is 27.8. The first-order valence-corrected chi connectivity index (χ1v) is 30.8. The second kappa shape index (κ2) is 18.8. The van der Waals surface area contributed by atoms with Crippen LogP contribution >= 0.6 is 0 Å². The first-order chi connectivity index (χ1) is 38.0. The molecule has 386 valence electrons. The quantitative estimate of drug-likeness (QED) is 0.0820. The van der Waals surface area contributed by atoms with Crippen molar-refractivity contribution in [2.75, 3.05) is 0 Å². The van der Waals surface area contributed by atoms with Crippen LogP contribution in [0, 0.1) is 47.9 Å². The summed E-state index contributed by atoms with van der Waals surface area (Å²) >= 11 is 0. The number of ether oxygens (including phenoxy) is 1. The molecule has 13 rings (SSSR count). The summed E-state index contributed by atoms with van der Waals surface area (Å²) in [6.07, 6.45) is 5.93. The van der Waals surface area contributed by atoms with Crippen molar-refractivity contribution in [2.24, 2.45) is 0 Å². The number of aryl methyl sites for hydroxylation is 6. The van der Waals surface area contributed by atoms with Crippen molar-refractivity contribution in [2.45, 2.75) is 80.8 Å². The van der Waals surface area contributed by atoms with Gasteiger partial charge in [-0.3, -0.25) is 13.7 Å². The average molecular weight is 1040 g/mol. The standard InChI is InChI=1S/C72H65BN4OSi/c1-45-36-47(3)68(48(4)37-45)73(69-49(5)38-46(2)39-50(69)6)54-28-32-61-60(41-54)59-31-29-55(42-63(59)77(61)67-40-53(34-35-74-67)72(7,8)9)78-56-30-33-65-64(43-56)76-44-75(62-26-19-27-66(71(62)76)79(65,10)11)70-57(51-20-14-12-15-21-51)24-18-25-58(70)52-22-16-13-17-23-52/h12-43H,1-11H3. The Morgan fingerprint density at radius 1 is 0.544 bits per heavy atom. The molecule has 0 spiro atoms. The predicted octanol–water partition coefficient (Wildman–Crippen LogP) is 14.1. The zero-order valence-electron chi connectivity index (χ0n) is 47.2. The molecule has 0 bridgehead atoms. The Morgan fingerprint density at radius 3 is 1.76 bits per heavy atom. The molecule has 0 amide bonds. The highest BCUT2D eigenvalue weighted by Gasteiger charge is 2.37. The number of imidazole rings is 1. The van der Waals surface area contributed by atoms with E-state index in [9.17, 15) is 0 Å². The van der Waals surface area contributed by atoms with Crippen LogP contribution in [0.4, 0.5) is 0 Å². The van der Waals surface area contributed by atoms with E-state index in [1.807, 2.05) is 6.20 Å². The maximum atomic E-state index is 7.11. The van der Waals surface area contributed by atoms with Crippen LogP contribution < -0.4 is 36.1 Å². The third-order valence-electron chi connectivity index (χ3n) is 16.9. The lowest BCUT2D eigenvalue weighted by Crippen LogP contribution is -2.57. The maximum absolute atomic E-state index is 7.11. The van der Waals surface area contributed by atoms with Gasteiger partial charge in [0.05, 0.1) is 33.4 Å². The molecule has 9 aromatic carbocycles. The van der Waals surface area contributed by atoms with Crippen LogP contribution in [0.1, 0.15) is 59.7 Å². The molecule has 12 aromatic rings. The van der Waals surface area contributed by atoms with Crippen molar-refractivity contribution in [1.82, 2.24) is 14.1 Å². The van der Waals surface area contributed by atoms with Gasteiger partial charge in [-0.05, 0) is 128 Å². The number of nitrogens with zero attached hydrogens (tertiary/aromatic N) is 4. The van der Waals surface area contributed by atoms with Crippen molar-refractivity contribution >= 4 is 74.4 Å². The number of pyridine rings is 1. The topological polar surface area (TPSA) is 35.9 Å². The highest BCUT2D eigenvalue weighted by atomic mass is 28.3. The summed E-state index contributed by atoms with van der Waals surface area (Å²) in [4.78, 5) is 5.11. The van der Waals surface area contributed by atoms with Gasteiger partial charge in [0.1, 0.15) is 25.4 Å². The number of benzene rings is 9. The van der Waals surface area contributed by atoms with Crippen molar-refractivity contribution in [1.29, 1.82) is 0 Å². The molecule has 0 unspecified atom stereocenters. The predicted molar refractivity (Wildman–Crippen MR) is 335 cm³/mol. The summed E-state index contributed by atoms with van der Waals surface area (Å²) < 4.78 is 14.1. The molecular formula is C72H65BN4OSi. The van der Waals surface area contributed by atoms with E-state index in [2.05, 4.69) is 283 Å². The first kappa shape index (κ1) is 50.0. The minimum Gasteiger partial charge on any atom is -0.458 e. The van der Waals surface area contributed by atoms with E-state index in [1.165, 1.54) is 76.6 Å². The van der Waals surface area contributed by atoms with Gasteiger partial charge in [0.25, 0.3) is 6.33 Å². The van der Waals surface area contributed by atoms with Crippen molar-refractivity contribution in [3.8, 4) is 50.9 Å². The fourth-order valence-corrected chi connectivity index (χ4v) is 16.3. The summed E-state index contributed by atoms with van der Waals surface area (Å²) in [6.45, 7) is 25.3. The van der Waals surface area contributed by atoms with E-state index in [-0.39, 0.29) is 12.1 Å². The van der Waals surface area contributed by atoms with Crippen molar-refractivity contribution in [3.05, 3.63) is 240 Å². The Morgan fingerprint density at radius 2 is 1.14 bits per heavy atom.